The molecule has 0 aliphatic heterocycles. The van der Waals surface area contributed by atoms with Crippen LogP contribution in [0.15, 0.2) is 34.3 Å². The number of unbranched alkanes of at least 4 members (excludes halogenated alkanes) is 12. The van der Waals surface area contributed by atoms with Crippen LogP contribution in [0.5, 0.6) is 0 Å². The van der Waals surface area contributed by atoms with Gasteiger partial charge in [0.1, 0.15) is 0 Å². The lowest BCUT2D eigenvalue weighted by molar-refractivity contribution is 0.0845. The highest BCUT2D eigenvalue weighted by atomic mass is 32.2. The Morgan fingerprint density at radius 3 is 1.88 bits per heavy atom. The number of aliphatic hydroxyl groups excluding tert-OH is 1. The van der Waals surface area contributed by atoms with Crippen LogP contribution in [0.1, 0.15) is 102 Å². The van der Waals surface area contributed by atoms with Crippen LogP contribution in [0.4, 0.5) is 0 Å². The molecule has 1 rings (SSSR count). The van der Waals surface area contributed by atoms with Gasteiger partial charge in [-0.05, 0) is 31.0 Å². The van der Waals surface area contributed by atoms with Crippen LogP contribution in [0.3, 0.4) is 0 Å². The van der Waals surface area contributed by atoms with Crippen molar-refractivity contribution in [3.8, 4) is 0 Å². The SMILES string of the molecule is CCCCCCCCCCCCCCC[C@H](N=[N+]=[N-])[C@H](O)COS(=O)(=O)c1ccc(C)cc1. The molecule has 0 aromatic heterocycles. The Labute approximate surface area is 200 Å². The largest absolute Gasteiger partial charge is 0.390 e. The summed E-state index contributed by atoms with van der Waals surface area (Å²) < 4.78 is 29.6. The Balaban J connectivity index is 2.20. The minimum absolute atomic E-state index is 0.0390. The lowest BCUT2D eigenvalue weighted by atomic mass is 10.0. The molecule has 1 aromatic carbocycles. The lowest BCUT2D eigenvalue weighted by Crippen LogP contribution is -2.30. The Morgan fingerprint density at radius 1 is 0.909 bits per heavy atom. The first kappa shape index (κ1) is 29.4. The van der Waals surface area contributed by atoms with Gasteiger partial charge in [0.05, 0.1) is 23.6 Å². The third-order valence-electron chi connectivity index (χ3n) is 5.95. The van der Waals surface area contributed by atoms with Gasteiger partial charge in [0, 0.05) is 4.91 Å². The van der Waals surface area contributed by atoms with E-state index in [1.807, 2.05) is 6.92 Å². The maximum atomic E-state index is 12.3. The predicted molar refractivity (Wildman–Crippen MR) is 134 cm³/mol. The third kappa shape index (κ3) is 13.6. The summed E-state index contributed by atoms with van der Waals surface area (Å²) in [5.41, 5.74) is 9.75. The fourth-order valence-corrected chi connectivity index (χ4v) is 4.73. The number of nitrogens with zero attached hydrogens (tertiary/aromatic N) is 3. The molecule has 0 radical (unpaired) electrons. The molecule has 33 heavy (non-hydrogen) atoms. The molecule has 0 saturated heterocycles. The molecule has 0 unspecified atom stereocenters. The Morgan fingerprint density at radius 2 is 1.39 bits per heavy atom. The highest BCUT2D eigenvalue weighted by Gasteiger charge is 2.22. The Hall–Kier alpha value is -1.60. The summed E-state index contributed by atoms with van der Waals surface area (Å²) in [5, 5.41) is 14.0. The quantitative estimate of drug-likeness (QED) is 0.0696. The van der Waals surface area contributed by atoms with Crippen LogP contribution in [-0.4, -0.2) is 32.3 Å². The smallest absolute Gasteiger partial charge is 0.297 e. The van der Waals surface area contributed by atoms with Crippen molar-refractivity contribution in [2.45, 2.75) is 121 Å². The maximum absolute atomic E-state index is 12.3. The van der Waals surface area contributed by atoms with Crippen LogP contribution < -0.4 is 0 Å². The van der Waals surface area contributed by atoms with E-state index in [4.69, 9.17) is 9.71 Å². The van der Waals surface area contributed by atoms with E-state index in [0.29, 0.717) is 6.42 Å². The molecule has 0 aliphatic rings. The zero-order valence-electron chi connectivity index (χ0n) is 20.5. The average Bonchev–Trinajstić information content (AvgIpc) is 2.80. The number of benzene rings is 1. The monoisotopic (exact) mass is 481 g/mol. The average molecular weight is 482 g/mol. The molecule has 1 N–H and O–H groups in total. The number of azide groups is 1. The van der Waals surface area contributed by atoms with Gasteiger partial charge in [-0.15, -0.1) is 0 Å². The van der Waals surface area contributed by atoms with Crippen LogP contribution in [0.25, 0.3) is 10.4 Å². The van der Waals surface area contributed by atoms with E-state index in [-0.39, 0.29) is 4.90 Å². The molecule has 0 amide bonds. The third-order valence-corrected chi connectivity index (χ3v) is 7.25. The molecule has 0 spiro atoms. The summed E-state index contributed by atoms with van der Waals surface area (Å²) in [7, 11) is -3.96. The standard InChI is InChI=1S/C25H43N3O4S/c1-3-4-5-6-7-8-9-10-11-12-13-14-15-16-24(27-28-26)25(29)21-32-33(30,31)23-19-17-22(2)18-20-23/h17-20,24-25,29H,3-16,21H2,1-2H3/t24-,25+/m0/s1. The van der Waals surface area contributed by atoms with Crippen molar-refractivity contribution in [1.82, 2.24) is 0 Å². The molecule has 188 valence electrons. The second-order valence-corrected chi connectivity index (χ2v) is 10.5. The van der Waals surface area contributed by atoms with Crippen LogP contribution >= 0.6 is 0 Å². The van der Waals surface area contributed by atoms with Gasteiger partial charge in [-0.3, -0.25) is 4.18 Å². The first-order valence-corrected chi connectivity index (χ1v) is 14.0. The maximum Gasteiger partial charge on any atom is 0.297 e. The second-order valence-electron chi connectivity index (χ2n) is 8.92. The Kier molecular flexibility index (Phi) is 15.9. The summed E-state index contributed by atoms with van der Waals surface area (Å²) in [6, 6.07) is 5.61. The number of aliphatic hydroxyl groups is 1. The van der Waals surface area contributed by atoms with E-state index in [9.17, 15) is 13.5 Å². The van der Waals surface area contributed by atoms with Crippen molar-refractivity contribution in [1.29, 1.82) is 0 Å². The van der Waals surface area contributed by atoms with E-state index in [0.717, 1.165) is 24.8 Å². The van der Waals surface area contributed by atoms with Gasteiger partial charge in [0.15, 0.2) is 0 Å². The number of hydrogen-bond donors (Lipinski definition) is 1. The van der Waals surface area contributed by atoms with Gasteiger partial charge in [-0.25, -0.2) is 0 Å². The topological polar surface area (TPSA) is 112 Å². The number of hydrogen-bond acceptors (Lipinski definition) is 5. The van der Waals surface area contributed by atoms with E-state index in [1.165, 1.54) is 76.3 Å². The second kappa shape index (κ2) is 17.8. The van der Waals surface area contributed by atoms with Gasteiger partial charge in [-0.2, -0.15) is 8.42 Å². The van der Waals surface area contributed by atoms with Crippen molar-refractivity contribution in [3.63, 3.8) is 0 Å². The summed E-state index contributed by atoms with van der Waals surface area (Å²) in [5.74, 6) is 0. The molecule has 1 aromatic rings. The minimum atomic E-state index is -3.96. The summed E-state index contributed by atoms with van der Waals surface area (Å²) in [6.07, 6.45) is 15.5. The predicted octanol–water partition coefficient (Wildman–Crippen LogP) is 7.22. The van der Waals surface area contributed by atoms with Crippen molar-refractivity contribution < 1.29 is 17.7 Å². The molecule has 0 bridgehead atoms. The lowest BCUT2D eigenvalue weighted by Gasteiger charge is -2.18. The highest BCUT2D eigenvalue weighted by molar-refractivity contribution is 7.86. The molecular formula is C25H43N3O4S. The van der Waals surface area contributed by atoms with Crippen LogP contribution in [0.2, 0.25) is 0 Å². The highest BCUT2D eigenvalue weighted by Crippen LogP contribution is 2.18. The van der Waals surface area contributed by atoms with Crippen LogP contribution in [0, 0.1) is 6.92 Å². The minimum Gasteiger partial charge on any atom is -0.390 e. The van der Waals surface area contributed by atoms with Gasteiger partial charge in [0.25, 0.3) is 10.1 Å². The Bertz CT molecular complexity index is 777. The molecule has 0 fully saturated rings. The number of rotatable bonds is 20. The molecule has 0 aliphatic carbocycles. The normalized spacial score (nSPS) is 13.4. The van der Waals surface area contributed by atoms with E-state index < -0.39 is 28.9 Å². The van der Waals surface area contributed by atoms with Crippen LogP contribution in [-0.2, 0) is 14.3 Å². The zero-order chi connectivity index (χ0) is 24.4. The van der Waals surface area contributed by atoms with Gasteiger partial charge in [0.2, 0.25) is 0 Å². The molecule has 2 atom stereocenters. The molecule has 8 heteroatoms. The summed E-state index contributed by atoms with van der Waals surface area (Å²) in [6.45, 7) is 3.67. The van der Waals surface area contributed by atoms with E-state index in [2.05, 4.69) is 16.9 Å². The fourth-order valence-electron chi connectivity index (χ4n) is 3.81. The molecule has 0 saturated carbocycles. The van der Waals surface area contributed by atoms with Crippen molar-refractivity contribution >= 4 is 10.1 Å². The molecule has 7 nitrogen and oxygen atoms in total. The van der Waals surface area contributed by atoms with E-state index in [1.54, 1.807) is 12.1 Å². The molecule has 0 heterocycles. The van der Waals surface area contributed by atoms with Crippen molar-refractivity contribution in [2.24, 2.45) is 5.11 Å². The number of aryl methyl sites for hydroxylation is 1. The first-order chi connectivity index (χ1) is 15.9. The van der Waals surface area contributed by atoms with Crippen molar-refractivity contribution in [3.05, 3.63) is 40.3 Å². The first-order valence-electron chi connectivity index (χ1n) is 12.6. The van der Waals surface area contributed by atoms with Gasteiger partial charge >= 0.3 is 0 Å². The molecular weight excluding hydrogens is 438 g/mol. The van der Waals surface area contributed by atoms with Gasteiger partial charge in [-0.1, -0.05) is 113 Å². The van der Waals surface area contributed by atoms with E-state index >= 15 is 0 Å². The summed E-state index contributed by atoms with van der Waals surface area (Å²) in [4.78, 5) is 2.85. The summed E-state index contributed by atoms with van der Waals surface area (Å²) >= 11 is 0. The fraction of sp³-hybridized carbons (Fsp3) is 0.760. The zero-order valence-corrected chi connectivity index (χ0v) is 21.3. The van der Waals surface area contributed by atoms with Crippen molar-refractivity contribution in [2.75, 3.05) is 6.61 Å². The van der Waals surface area contributed by atoms with Gasteiger partial charge < -0.3 is 5.11 Å².